The van der Waals surface area contributed by atoms with Gasteiger partial charge in [0.2, 0.25) is 5.91 Å². The standard InChI is InChI=1S/C19H25N3O/c1-14-6-4-7-15(2)19(14)22(18(23)12-16(3)20)11-9-17-8-5-10-21-13-17/h4-8,10,13,16H,9,11-12,20H2,1-3H3. The summed E-state index contributed by atoms with van der Waals surface area (Å²) in [5.41, 5.74) is 10.2. The highest BCUT2D eigenvalue weighted by Gasteiger charge is 2.20. The predicted molar refractivity (Wildman–Crippen MR) is 94.5 cm³/mol. The summed E-state index contributed by atoms with van der Waals surface area (Å²) in [4.78, 5) is 18.7. The van der Waals surface area contributed by atoms with Gasteiger partial charge in [-0.2, -0.15) is 0 Å². The van der Waals surface area contributed by atoms with Gasteiger partial charge in [0.15, 0.2) is 0 Å². The Labute approximate surface area is 138 Å². The molecule has 0 aliphatic heterocycles. The quantitative estimate of drug-likeness (QED) is 0.892. The second-order valence-electron chi connectivity index (χ2n) is 6.08. The molecule has 0 aliphatic carbocycles. The molecule has 122 valence electrons. The van der Waals surface area contributed by atoms with E-state index in [1.165, 1.54) is 0 Å². The average Bonchev–Trinajstić information content (AvgIpc) is 2.50. The maximum atomic E-state index is 12.7. The smallest absolute Gasteiger partial charge is 0.228 e. The predicted octanol–water partition coefficient (Wildman–Crippen LogP) is 3.01. The van der Waals surface area contributed by atoms with Crippen molar-refractivity contribution in [3.8, 4) is 0 Å². The normalized spacial score (nSPS) is 12.0. The van der Waals surface area contributed by atoms with Crippen LogP contribution in [0.1, 0.15) is 30.0 Å². The van der Waals surface area contributed by atoms with E-state index in [1.807, 2.05) is 62.2 Å². The highest BCUT2D eigenvalue weighted by atomic mass is 16.2. The molecular weight excluding hydrogens is 286 g/mol. The van der Waals surface area contributed by atoms with Crippen LogP contribution < -0.4 is 10.6 Å². The van der Waals surface area contributed by atoms with Crippen LogP contribution in [0, 0.1) is 13.8 Å². The monoisotopic (exact) mass is 311 g/mol. The summed E-state index contributed by atoms with van der Waals surface area (Å²) in [7, 11) is 0. The summed E-state index contributed by atoms with van der Waals surface area (Å²) >= 11 is 0. The van der Waals surface area contributed by atoms with Crippen molar-refractivity contribution < 1.29 is 4.79 Å². The second kappa shape index (κ2) is 7.88. The number of hydrogen-bond donors (Lipinski definition) is 1. The third-order valence-corrected chi connectivity index (χ3v) is 3.85. The van der Waals surface area contributed by atoms with Crippen LogP contribution in [0.5, 0.6) is 0 Å². The van der Waals surface area contributed by atoms with Gasteiger partial charge in [0.1, 0.15) is 0 Å². The van der Waals surface area contributed by atoms with Gasteiger partial charge in [0.25, 0.3) is 0 Å². The first-order valence-electron chi connectivity index (χ1n) is 8.00. The zero-order chi connectivity index (χ0) is 16.8. The molecule has 1 aromatic carbocycles. The Morgan fingerprint density at radius 1 is 1.22 bits per heavy atom. The van der Waals surface area contributed by atoms with Gasteiger partial charge in [-0.1, -0.05) is 24.3 Å². The first-order valence-corrected chi connectivity index (χ1v) is 8.00. The lowest BCUT2D eigenvalue weighted by atomic mass is 10.1. The summed E-state index contributed by atoms with van der Waals surface area (Å²) in [5.74, 6) is 0.0706. The lowest BCUT2D eigenvalue weighted by molar-refractivity contribution is -0.118. The molecule has 2 aromatic rings. The molecule has 2 rings (SSSR count). The third-order valence-electron chi connectivity index (χ3n) is 3.85. The lowest BCUT2D eigenvalue weighted by Crippen LogP contribution is -2.37. The molecule has 1 atom stereocenters. The molecular formula is C19H25N3O. The van der Waals surface area contributed by atoms with Crippen LogP contribution in [0.4, 0.5) is 5.69 Å². The van der Waals surface area contributed by atoms with E-state index < -0.39 is 0 Å². The number of para-hydroxylation sites is 1. The maximum Gasteiger partial charge on any atom is 0.228 e. The molecule has 1 amide bonds. The van der Waals surface area contributed by atoms with E-state index in [4.69, 9.17) is 5.73 Å². The molecule has 0 saturated carbocycles. The van der Waals surface area contributed by atoms with Gasteiger partial charge < -0.3 is 10.6 Å². The number of benzene rings is 1. The van der Waals surface area contributed by atoms with Crippen molar-refractivity contribution in [2.75, 3.05) is 11.4 Å². The fourth-order valence-electron chi connectivity index (χ4n) is 2.77. The number of aromatic nitrogens is 1. The van der Waals surface area contributed by atoms with Crippen molar-refractivity contribution in [3.63, 3.8) is 0 Å². The van der Waals surface area contributed by atoms with Crippen LogP contribution in [0.25, 0.3) is 0 Å². The number of nitrogens with zero attached hydrogens (tertiary/aromatic N) is 2. The Morgan fingerprint density at radius 3 is 2.48 bits per heavy atom. The fourth-order valence-corrected chi connectivity index (χ4v) is 2.77. The minimum Gasteiger partial charge on any atom is -0.327 e. The van der Waals surface area contributed by atoms with E-state index >= 15 is 0 Å². The topological polar surface area (TPSA) is 59.2 Å². The van der Waals surface area contributed by atoms with Crippen LogP contribution in [-0.4, -0.2) is 23.5 Å². The van der Waals surface area contributed by atoms with Crippen LogP contribution >= 0.6 is 0 Å². The number of rotatable bonds is 6. The zero-order valence-electron chi connectivity index (χ0n) is 14.1. The van der Waals surface area contributed by atoms with Gasteiger partial charge in [0, 0.05) is 37.1 Å². The summed E-state index contributed by atoms with van der Waals surface area (Å²) < 4.78 is 0. The highest BCUT2D eigenvalue weighted by molar-refractivity contribution is 5.95. The van der Waals surface area contributed by atoms with Gasteiger partial charge >= 0.3 is 0 Å². The van der Waals surface area contributed by atoms with E-state index in [0.29, 0.717) is 13.0 Å². The van der Waals surface area contributed by atoms with Crippen LogP contribution in [-0.2, 0) is 11.2 Å². The summed E-state index contributed by atoms with van der Waals surface area (Å²) in [5, 5.41) is 0. The molecule has 1 unspecified atom stereocenters. The first-order chi connectivity index (χ1) is 11.0. The minimum atomic E-state index is -0.146. The highest BCUT2D eigenvalue weighted by Crippen LogP contribution is 2.25. The molecule has 0 fully saturated rings. The number of amides is 1. The molecule has 23 heavy (non-hydrogen) atoms. The van der Waals surface area contributed by atoms with Crippen molar-refractivity contribution in [2.24, 2.45) is 5.73 Å². The van der Waals surface area contributed by atoms with E-state index in [-0.39, 0.29) is 11.9 Å². The number of carbonyl (C=O) groups is 1. The Hall–Kier alpha value is -2.20. The van der Waals surface area contributed by atoms with Crippen LogP contribution in [0.2, 0.25) is 0 Å². The molecule has 4 heteroatoms. The Morgan fingerprint density at radius 2 is 1.91 bits per heavy atom. The Bertz CT molecular complexity index is 633. The zero-order valence-corrected chi connectivity index (χ0v) is 14.1. The third kappa shape index (κ3) is 4.63. The van der Waals surface area contributed by atoms with Crippen molar-refractivity contribution in [1.82, 2.24) is 4.98 Å². The lowest BCUT2D eigenvalue weighted by Gasteiger charge is -2.27. The molecule has 0 saturated heterocycles. The molecule has 1 heterocycles. The van der Waals surface area contributed by atoms with Crippen molar-refractivity contribution in [1.29, 1.82) is 0 Å². The molecule has 0 spiro atoms. The van der Waals surface area contributed by atoms with E-state index in [1.54, 1.807) is 6.20 Å². The molecule has 0 bridgehead atoms. The number of aryl methyl sites for hydroxylation is 2. The van der Waals surface area contributed by atoms with Crippen molar-refractivity contribution >= 4 is 11.6 Å². The van der Waals surface area contributed by atoms with E-state index in [2.05, 4.69) is 4.98 Å². The van der Waals surface area contributed by atoms with Gasteiger partial charge in [-0.3, -0.25) is 9.78 Å². The maximum absolute atomic E-state index is 12.7. The van der Waals surface area contributed by atoms with Gasteiger partial charge in [0.05, 0.1) is 0 Å². The fraction of sp³-hybridized carbons (Fsp3) is 0.368. The average molecular weight is 311 g/mol. The number of anilines is 1. The van der Waals surface area contributed by atoms with Gasteiger partial charge in [-0.15, -0.1) is 0 Å². The second-order valence-corrected chi connectivity index (χ2v) is 6.08. The summed E-state index contributed by atoms with van der Waals surface area (Å²) in [6.07, 6.45) is 4.72. The largest absolute Gasteiger partial charge is 0.327 e. The Balaban J connectivity index is 2.26. The molecule has 1 aromatic heterocycles. The number of pyridine rings is 1. The van der Waals surface area contributed by atoms with E-state index in [9.17, 15) is 4.79 Å². The number of carbonyl (C=O) groups excluding carboxylic acids is 1. The number of nitrogens with two attached hydrogens (primary N) is 1. The SMILES string of the molecule is Cc1cccc(C)c1N(CCc1cccnc1)C(=O)CC(C)N. The summed E-state index contributed by atoms with van der Waals surface area (Å²) in [6, 6.07) is 9.90. The van der Waals surface area contributed by atoms with E-state index in [0.717, 1.165) is 28.8 Å². The molecule has 4 nitrogen and oxygen atoms in total. The van der Waals surface area contributed by atoms with Crippen LogP contribution in [0.3, 0.4) is 0 Å². The van der Waals surface area contributed by atoms with Crippen molar-refractivity contribution in [3.05, 3.63) is 59.4 Å². The first kappa shape index (κ1) is 17.2. The minimum absolute atomic E-state index is 0.0706. The van der Waals surface area contributed by atoms with Crippen LogP contribution in [0.15, 0.2) is 42.7 Å². The van der Waals surface area contributed by atoms with Crippen molar-refractivity contribution in [2.45, 2.75) is 39.7 Å². The molecule has 0 radical (unpaired) electrons. The van der Waals surface area contributed by atoms with Gasteiger partial charge in [-0.05, 0) is 49.9 Å². The van der Waals surface area contributed by atoms with Gasteiger partial charge in [-0.25, -0.2) is 0 Å². The molecule has 2 N–H and O–H groups in total. The Kier molecular flexibility index (Phi) is 5.88. The summed E-state index contributed by atoms with van der Waals surface area (Å²) in [6.45, 7) is 6.57. The molecule has 0 aliphatic rings. The number of hydrogen-bond acceptors (Lipinski definition) is 3.